The van der Waals surface area contributed by atoms with Crippen molar-refractivity contribution in [3.63, 3.8) is 0 Å². The van der Waals surface area contributed by atoms with E-state index < -0.39 is 11.9 Å². The van der Waals surface area contributed by atoms with Gasteiger partial charge in [-0.3, -0.25) is 15.1 Å². The topological polar surface area (TPSA) is 101 Å². The van der Waals surface area contributed by atoms with E-state index >= 15 is 0 Å². The van der Waals surface area contributed by atoms with Gasteiger partial charge in [0.1, 0.15) is 6.04 Å². The average Bonchev–Trinajstić information content (AvgIpc) is 3.07. The van der Waals surface area contributed by atoms with E-state index in [1.165, 1.54) is 16.2 Å². The third-order valence-electron chi connectivity index (χ3n) is 4.53. The molecule has 0 bridgehead atoms. The average molecular weight is 359 g/mol. The normalized spacial score (nSPS) is 19.0. The first-order valence-corrected chi connectivity index (χ1v) is 8.86. The maximum atomic E-state index is 12.6. The minimum atomic E-state index is -0.617. The van der Waals surface area contributed by atoms with Gasteiger partial charge in [0, 0.05) is 18.9 Å². The van der Waals surface area contributed by atoms with E-state index in [4.69, 9.17) is 5.73 Å². The summed E-state index contributed by atoms with van der Waals surface area (Å²) in [4.78, 5) is 35.4. The van der Waals surface area contributed by atoms with Crippen molar-refractivity contribution in [3.8, 4) is 10.4 Å². The summed E-state index contributed by atoms with van der Waals surface area (Å²) in [6.45, 7) is 6.29. The molecule has 1 aliphatic heterocycles. The number of nitrogens with zero attached hydrogens (tertiary/aromatic N) is 3. The SMILES string of the molecule is Cc1nc(NC(=O)N2CCC(C)(C)C2C(N)=O)sc1-c1ccncc1. The van der Waals surface area contributed by atoms with E-state index in [9.17, 15) is 9.59 Å². The Balaban J connectivity index is 1.79. The number of carbonyl (C=O) groups is 2. The van der Waals surface area contributed by atoms with Crippen LogP contribution in [0.3, 0.4) is 0 Å². The summed E-state index contributed by atoms with van der Waals surface area (Å²) in [6.07, 6.45) is 4.17. The zero-order valence-electron chi connectivity index (χ0n) is 14.4. The number of aromatic nitrogens is 2. The van der Waals surface area contributed by atoms with E-state index in [2.05, 4.69) is 15.3 Å². The molecule has 3 N–H and O–H groups in total. The molecule has 1 aliphatic rings. The lowest BCUT2D eigenvalue weighted by molar-refractivity contribution is -0.123. The molecule has 25 heavy (non-hydrogen) atoms. The van der Waals surface area contributed by atoms with Crippen LogP contribution in [-0.4, -0.2) is 39.4 Å². The fourth-order valence-electron chi connectivity index (χ4n) is 3.24. The summed E-state index contributed by atoms with van der Waals surface area (Å²) in [7, 11) is 0. The molecule has 0 saturated carbocycles. The number of hydrogen-bond acceptors (Lipinski definition) is 5. The van der Waals surface area contributed by atoms with E-state index in [0.29, 0.717) is 11.7 Å². The maximum absolute atomic E-state index is 12.6. The Morgan fingerprint density at radius 2 is 2.04 bits per heavy atom. The highest BCUT2D eigenvalue weighted by Crippen LogP contribution is 2.37. The van der Waals surface area contributed by atoms with Gasteiger partial charge in [-0.25, -0.2) is 9.78 Å². The molecule has 1 fully saturated rings. The fourth-order valence-corrected chi connectivity index (χ4v) is 4.20. The van der Waals surface area contributed by atoms with E-state index in [0.717, 1.165) is 22.6 Å². The standard InChI is InChI=1S/C17H21N5O2S/c1-10-12(11-4-7-19-8-5-11)25-15(20-10)21-16(24)22-9-6-17(2,3)13(22)14(18)23/h4-5,7-8,13H,6,9H2,1-3H3,(H2,18,23)(H,20,21,24). The Morgan fingerprint density at radius 1 is 1.36 bits per heavy atom. The lowest BCUT2D eigenvalue weighted by Gasteiger charge is -2.29. The van der Waals surface area contributed by atoms with Gasteiger partial charge >= 0.3 is 6.03 Å². The summed E-state index contributed by atoms with van der Waals surface area (Å²) < 4.78 is 0. The van der Waals surface area contributed by atoms with Gasteiger partial charge in [0.05, 0.1) is 10.6 Å². The Hall–Kier alpha value is -2.48. The van der Waals surface area contributed by atoms with Crippen molar-refractivity contribution in [1.29, 1.82) is 0 Å². The molecule has 132 valence electrons. The number of urea groups is 1. The lowest BCUT2D eigenvalue weighted by atomic mass is 9.84. The highest BCUT2D eigenvalue weighted by Gasteiger charge is 2.46. The Bertz CT molecular complexity index is 803. The first-order chi connectivity index (χ1) is 11.8. The minimum absolute atomic E-state index is 0.329. The molecule has 3 heterocycles. The molecule has 0 aliphatic carbocycles. The largest absolute Gasteiger partial charge is 0.368 e. The number of hydrogen-bond donors (Lipinski definition) is 2. The predicted molar refractivity (Wildman–Crippen MR) is 97.2 cm³/mol. The van der Waals surface area contributed by atoms with Gasteiger partial charge in [0.15, 0.2) is 5.13 Å². The third kappa shape index (κ3) is 3.34. The second kappa shape index (κ2) is 6.44. The van der Waals surface area contributed by atoms with Crippen LogP contribution in [0.4, 0.5) is 9.93 Å². The molecular weight excluding hydrogens is 338 g/mol. The van der Waals surface area contributed by atoms with Gasteiger partial charge in [-0.05, 0) is 36.5 Å². The van der Waals surface area contributed by atoms with E-state index in [1.54, 1.807) is 12.4 Å². The van der Waals surface area contributed by atoms with Gasteiger partial charge in [0.2, 0.25) is 5.91 Å². The van der Waals surface area contributed by atoms with Crippen molar-refractivity contribution in [2.24, 2.45) is 11.1 Å². The molecule has 0 spiro atoms. The van der Waals surface area contributed by atoms with Crippen molar-refractivity contribution in [2.75, 3.05) is 11.9 Å². The highest BCUT2D eigenvalue weighted by molar-refractivity contribution is 7.19. The van der Waals surface area contributed by atoms with Crippen molar-refractivity contribution in [3.05, 3.63) is 30.2 Å². The van der Waals surface area contributed by atoms with Crippen molar-refractivity contribution in [2.45, 2.75) is 33.2 Å². The fraction of sp³-hybridized carbons (Fsp3) is 0.412. The van der Waals surface area contributed by atoms with Crippen LogP contribution in [0.15, 0.2) is 24.5 Å². The van der Waals surface area contributed by atoms with Crippen LogP contribution in [0.5, 0.6) is 0 Å². The number of aryl methyl sites for hydroxylation is 1. The summed E-state index contributed by atoms with van der Waals surface area (Å²) in [5.74, 6) is -0.481. The smallest absolute Gasteiger partial charge is 0.324 e. The molecule has 1 atom stereocenters. The lowest BCUT2D eigenvalue weighted by Crippen LogP contribution is -2.50. The van der Waals surface area contributed by atoms with Crippen LogP contribution in [0.1, 0.15) is 26.0 Å². The van der Waals surface area contributed by atoms with Gasteiger partial charge in [-0.2, -0.15) is 0 Å². The third-order valence-corrected chi connectivity index (χ3v) is 5.65. The van der Waals surface area contributed by atoms with Gasteiger partial charge in [-0.15, -0.1) is 0 Å². The number of carbonyl (C=O) groups excluding carboxylic acids is 2. The number of primary amides is 1. The second-order valence-corrected chi connectivity index (χ2v) is 7.84. The van der Waals surface area contributed by atoms with E-state index in [1.807, 2.05) is 32.9 Å². The molecule has 2 aromatic rings. The maximum Gasteiger partial charge on any atom is 0.324 e. The monoisotopic (exact) mass is 359 g/mol. The molecular formula is C17H21N5O2S. The van der Waals surface area contributed by atoms with Crippen LogP contribution in [0.25, 0.3) is 10.4 Å². The number of nitrogens with one attached hydrogen (secondary N) is 1. The number of amides is 3. The molecule has 2 aromatic heterocycles. The zero-order chi connectivity index (χ0) is 18.2. The van der Waals surface area contributed by atoms with Gasteiger partial charge in [0.25, 0.3) is 0 Å². The number of likely N-dealkylation sites (tertiary alicyclic amines) is 1. The van der Waals surface area contributed by atoms with Crippen molar-refractivity contribution >= 4 is 28.4 Å². The number of thiazole rings is 1. The predicted octanol–water partition coefficient (Wildman–Crippen LogP) is 2.63. The van der Waals surface area contributed by atoms with Crippen LogP contribution < -0.4 is 11.1 Å². The summed E-state index contributed by atoms with van der Waals surface area (Å²) in [5, 5.41) is 3.31. The Kier molecular flexibility index (Phi) is 4.47. The van der Waals surface area contributed by atoms with Crippen molar-refractivity contribution in [1.82, 2.24) is 14.9 Å². The molecule has 3 rings (SSSR count). The van der Waals surface area contributed by atoms with Crippen LogP contribution in [0.2, 0.25) is 0 Å². The first kappa shape index (κ1) is 17.3. The zero-order valence-corrected chi connectivity index (χ0v) is 15.3. The quantitative estimate of drug-likeness (QED) is 0.879. The van der Waals surface area contributed by atoms with Gasteiger partial charge in [-0.1, -0.05) is 25.2 Å². The summed E-state index contributed by atoms with van der Waals surface area (Å²) >= 11 is 1.40. The first-order valence-electron chi connectivity index (χ1n) is 8.04. The Labute approximate surface area is 150 Å². The van der Waals surface area contributed by atoms with Gasteiger partial charge < -0.3 is 10.6 Å². The molecule has 1 saturated heterocycles. The highest BCUT2D eigenvalue weighted by atomic mass is 32.1. The number of rotatable bonds is 3. The minimum Gasteiger partial charge on any atom is -0.368 e. The van der Waals surface area contributed by atoms with Crippen molar-refractivity contribution < 1.29 is 9.59 Å². The summed E-state index contributed by atoms with van der Waals surface area (Å²) in [6, 6.07) is 2.84. The number of nitrogens with two attached hydrogens (primary N) is 1. The molecule has 3 amide bonds. The molecule has 0 radical (unpaired) electrons. The number of anilines is 1. The Morgan fingerprint density at radius 3 is 2.68 bits per heavy atom. The van der Waals surface area contributed by atoms with Crippen LogP contribution >= 0.6 is 11.3 Å². The van der Waals surface area contributed by atoms with Crippen LogP contribution in [0, 0.1) is 12.3 Å². The van der Waals surface area contributed by atoms with E-state index in [-0.39, 0.29) is 11.4 Å². The van der Waals surface area contributed by atoms with Crippen LogP contribution in [-0.2, 0) is 4.79 Å². The molecule has 8 heteroatoms. The molecule has 7 nitrogen and oxygen atoms in total. The molecule has 0 aromatic carbocycles. The summed E-state index contributed by atoms with van der Waals surface area (Å²) in [5.41, 5.74) is 7.03. The molecule has 1 unspecified atom stereocenters. The number of pyridine rings is 1. The second-order valence-electron chi connectivity index (χ2n) is 6.84.